The molecule has 0 aromatic heterocycles. The lowest BCUT2D eigenvalue weighted by molar-refractivity contribution is -0.303. The third-order valence-electron chi connectivity index (χ3n) is 11.1. The number of hydrogen-bond donors (Lipinski definition) is 7. The third kappa shape index (κ3) is 23.2. The largest absolute Gasteiger partial charge is 0.394 e. The van der Waals surface area contributed by atoms with Crippen LogP contribution in [-0.4, -0.2) is 98.7 Å². The zero-order valence-electron chi connectivity index (χ0n) is 33.6. The van der Waals surface area contributed by atoms with E-state index in [0.717, 1.165) is 57.3 Å². The van der Waals surface area contributed by atoms with Gasteiger partial charge in [0.05, 0.1) is 25.4 Å². The molecule has 1 fully saturated rings. The lowest BCUT2D eigenvalue weighted by Crippen LogP contribution is -2.60. The fourth-order valence-corrected chi connectivity index (χ4v) is 7.12. The molecule has 1 unspecified atom stereocenters. The fourth-order valence-electron chi connectivity index (χ4n) is 7.12. The van der Waals surface area contributed by atoms with Gasteiger partial charge in [0.1, 0.15) is 30.5 Å². The molecule has 1 aliphatic rings. The lowest BCUT2D eigenvalue weighted by Gasteiger charge is -2.40. The number of carbonyl (C=O) groups is 1. The van der Waals surface area contributed by atoms with Crippen molar-refractivity contribution >= 4 is 5.91 Å². The van der Waals surface area contributed by atoms with Gasteiger partial charge in [-0.05, 0) is 18.8 Å². The van der Waals surface area contributed by atoms with Crippen molar-refractivity contribution in [2.45, 2.75) is 243 Å². The number of amides is 1. The molecule has 0 saturated carbocycles. The Morgan fingerprint density at radius 3 is 1.60 bits per heavy atom. The van der Waals surface area contributed by atoms with E-state index in [2.05, 4.69) is 26.1 Å². The zero-order chi connectivity index (χ0) is 38.4. The van der Waals surface area contributed by atoms with E-state index in [1.807, 2.05) is 0 Å². The van der Waals surface area contributed by atoms with Crippen LogP contribution >= 0.6 is 0 Å². The van der Waals surface area contributed by atoms with Gasteiger partial charge >= 0.3 is 0 Å². The van der Waals surface area contributed by atoms with Crippen molar-refractivity contribution in [3.63, 3.8) is 0 Å². The van der Waals surface area contributed by atoms with Crippen LogP contribution in [0.5, 0.6) is 0 Å². The third-order valence-corrected chi connectivity index (χ3v) is 11.1. The van der Waals surface area contributed by atoms with Gasteiger partial charge in [0, 0.05) is 6.42 Å². The predicted octanol–water partition coefficient (Wildman–Crippen LogP) is 7.22. The van der Waals surface area contributed by atoms with Crippen molar-refractivity contribution in [3.8, 4) is 0 Å². The fraction of sp³-hybridized carbons (Fsp3) is 0.976. The summed E-state index contributed by atoms with van der Waals surface area (Å²) >= 11 is 0. The monoisotopic (exact) mass is 746 g/mol. The summed E-state index contributed by atoms with van der Waals surface area (Å²) in [7, 11) is 0. The van der Waals surface area contributed by atoms with Crippen LogP contribution in [0.1, 0.15) is 194 Å². The van der Waals surface area contributed by atoms with Gasteiger partial charge < -0.3 is 45.4 Å². The van der Waals surface area contributed by atoms with Gasteiger partial charge in [-0.1, -0.05) is 175 Å². The number of ether oxygens (including phenoxy) is 2. The summed E-state index contributed by atoms with van der Waals surface area (Å²) in [5, 5.41) is 65.0. The van der Waals surface area contributed by atoms with Crippen LogP contribution in [0.2, 0.25) is 0 Å². The normalized spacial score (nSPS) is 23.0. The molecular formula is C42H83NO9. The maximum atomic E-state index is 13.0. The number of carbonyl (C=O) groups excluding carboxylic acids is 1. The van der Waals surface area contributed by atoms with Crippen molar-refractivity contribution < 1.29 is 44.9 Å². The first-order valence-electron chi connectivity index (χ1n) is 21.7. The molecule has 1 aliphatic heterocycles. The number of aliphatic hydroxyl groups is 6. The molecule has 0 aromatic carbocycles. The number of nitrogens with one attached hydrogen (secondary N) is 1. The first-order chi connectivity index (χ1) is 25.2. The van der Waals surface area contributed by atoms with Gasteiger partial charge in [-0.25, -0.2) is 0 Å². The highest BCUT2D eigenvalue weighted by Gasteiger charge is 2.44. The Morgan fingerprint density at radius 2 is 1.12 bits per heavy atom. The maximum Gasteiger partial charge on any atom is 0.220 e. The van der Waals surface area contributed by atoms with Gasteiger partial charge in [-0.2, -0.15) is 0 Å². The summed E-state index contributed by atoms with van der Waals surface area (Å²) < 4.78 is 11.1. The highest BCUT2D eigenvalue weighted by Crippen LogP contribution is 2.23. The smallest absolute Gasteiger partial charge is 0.220 e. The van der Waals surface area contributed by atoms with Crippen molar-refractivity contribution in [2.75, 3.05) is 13.2 Å². The quantitative estimate of drug-likeness (QED) is 0.0331. The summed E-state index contributed by atoms with van der Waals surface area (Å²) in [5.41, 5.74) is 0. The van der Waals surface area contributed by atoms with E-state index < -0.39 is 55.6 Å². The Labute approximate surface area is 317 Å². The second kappa shape index (κ2) is 32.4. The highest BCUT2D eigenvalue weighted by atomic mass is 16.7. The van der Waals surface area contributed by atoms with Gasteiger partial charge in [-0.15, -0.1) is 0 Å². The van der Waals surface area contributed by atoms with E-state index in [-0.39, 0.29) is 18.9 Å². The van der Waals surface area contributed by atoms with Crippen molar-refractivity contribution in [2.24, 2.45) is 5.92 Å². The Balaban J connectivity index is 2.43. The number of hydrogen-bond acceptors (Lipinski definition) is 9. The minimum absolute atomic E-state index is 0.257. The van der Waals surface area contributed by atoms with Crippen LogP contribution in [0, 0.1) is 5.92 Å². The van der Waals surface area contributed by atoms with E-state index in [1.54, 1.807) is 0 Å². The molecule has 0 spiro atoms. The van der Waals surface area contributed by atoms with Gasteiger partial charge in [0.25, 0.3) is 0 Å². The first-order valence-corrected chi connectivity index (χ1v) is 21.7. The van der Waals surface area contributed by atoms with Crippen molar-refractivity contribution in [3.05, 3.63) is 0 Å². The highest BCUT2D eigenvalue weighted by molar-refractivity contribution is 5.76. The molecule has 1 heterocycles. The second-order valence-corrected chi connectivity index (χ2v) is 15.9. The molecule has 0 bridgehead atoms. The molecule has 1 rings (SSSR count). The topological polar surface area (TPSA) is 169 Å². The summed E-state index contributed by atoms with van der Waals surface area (Å²) in [4.78, 5) is 13.0. The molecule has 10 nitrogen and oxygen atoms in total. The molecule has 0 radical (unpaired) electrons. The Kier molecular flexibility index (Phi) is 30.6. The maximum absolute atomic E-state index is 13.0. The van der Waals surface area contributed by atoms with Crippen molar-refractivity contribution in [1.29, 1.82) is 0 Å². The van der Waals surface area contributed by atoms with Crippen LogP contribution in [0.25, 0.3) is 0 Å². The van der Waals surface area contributed by atoms with Crippen LogP contribution < -0.4 is 5.32 Å². The molecule has 1 amide bonds. The summed E-state index contributed by atoms with van der Waals surface area (Å²) in [5.74, 6) is 0.556. The van der Waals surface area contributed by atoms with Crippen LogP contribution in [-0.2, 0) is 14.3 Å². The molecule has 0 aromatic rings. The first kappa shape index (κ1) is 49.2. The summed E-state index contributed by atoms with van der Waals surface area (Å²) in [6, 6.07) is -0.985. The Morgan fingerprint density at radius 1 is 0.654 bits per heavy atom. The lowest BCUT2D eigenvalue weighted by atomic mass is 9.98. The molecular weight excluding hydrogens is 662 g/mol. The molecule has 9 atom stereocenters. The van der Waals surface area contributed by atoms with Gasteiger partial charge in [-0.3, -0.25) is 4.79 Å². The molecule has 7 N–H and O–H groups in total. The summed E-state index contributed by atoms with van der Waals surface area (Å²) in [6.07, 6.45) is 21.1. The minimum atomic E-state index is -1.60. The van der Waals surface area contributed by atoms with Gasteiger partial charge in [0.2, 0.25) is 5.91 Å². The van der Waals surface area contributed by atoms with Crippen LogP contribution in [0.4, 0.5) is 0 Å². The minimum Gasteiger partial charge on any atom is -0.394 e. The van der Waals surface area contributed by atoms with Crippen LogP contribution in [0.15, 0.2) is 0 Å². The average Bonchev–Trinajstić information content (AvgIpc) is 3.14. The predicted molar refractivity (Wildman–Crippen MR) is 209 cm³/mol. The standard InChI is InChI=1S/C42H83NO9/c1-4-6-7-8-9-10-11-12-13-14-15-16-21-24-27-30-37(46)43-34(32-51-42-41(50)40(49)39(48)36(31-44)52-42)38(47)35(45)29-26-23-20-18-17-19-22-25-28-33(3)5-2/h33-36,38-42,44-45,47-50H,4-32H2,1-3H3,(H,43,46)/t33?,34-,35+,36+,38-,39-,40-,41+,42+/m0/s1. The van der Waals surface area contributed by atoms with Crippen molar-refractivity contribution in [1.82, 2.24) is 5.32 Å². The summed E-state index contributed by atoms with van der Waals surface area (Å²) in [6.45, 7) is 5.92. The van der Waals surface area contributed by atoms with Gasteiger partial charge in [0.15, 0.2) is 6.29 Å². The average molecular weight is 746 g/mol. The van der Waals surface area contributed by atoms with E-state index in [9.17, 15) is 35.4 Å². The van der Waals surface area contributed by atoms with Crippen LogP contribution in [0.3, 0.4) is 0 Å². The van der Waals surface area contributed by atoms with E-state index in [1.165, 1.54) is 109 Å². The molecule has 1 saturated heterocycles. The van der Waals surface area contributed by atoms with E-state index in [4.69, 9.17) is 9.47 Å². The molecule has 0 aliphatic carbocycles. The number of unbranched alkanes of at least 4 members (excludes halogenated alkanes) is 21. The molecule has 52 heavy (non-hydrogen) atoms. The SMILES string of the molecule is CCCCCCCCCCCCCCCCCC(=O)N[C@@H](CO[C@@H]1O[C@H](CO)[C@H](O)[C@H](O)[C@H]1O)[C@H](O)[C@H](O)CCCCCCCCCCC(C)CC. The number of rotatable bonds is 35. The Hall–Kier alpha value is -0.850. The molecule has 10 heteroatoms. The van der Waals surface area contributed by atoms with E-state index >= 15 is 0 Å². The van der Waals surface area contributed by atoms with E-state index in [0.29, 0.717) is 6.42 Å². The number of aliphatic hydroxyl groups excluding tert-OH is 6. The molecule has 310 valence electrons. The zero-order valence-corrected chi connectivity index (χ0v) is 33.6. The Bertz CT molecular complexity index is 818. The second-order valence-electron chi connectivity index (χ2n) is 15.9.